The fourth-order valence-corrected chi connectivity index (χ4v) is 1.94. The predicted octanol–water partition coefficient (Wildman–Crippen LogP) is 0.559. The van der Waals surface area contributed by atoms with E-state index in [1.54, 1.807) is 11.8 Å². The monoisotopic (exact) mass is 264 g/mol. The first-order chi connectivity index (χ1) is 7.69. The third-order valence-corrected chi connectivity index (χ3v) is 2.75. The lowest BCUT2D eigenvalue weighted by Crippen LogP contribution is -2.43. The molecular formula is C11H21ClN2O3. The summed E-state index contributed by atoms with van der Waals surface area (Å²) in [7, 11) is 0. The number of ether oxygens (including phenoxy) is 1. The highest BCUT2D eigenvalue weighted by molar-refractivity contribution is 5.85. The summed E-state index contributed by atoms with van der Waals surface area (Å²) in [6.07, 6.45) is 2.03. The molecule has 0 aromatic carbocycles. The van der Waals surface area contributed by atoms with Gasteiger partial charge in [-0.05, 0) is 19.8 Å². The quantitative estimate of drug-likeness (QED) is 0.753. The second kappa shape index (κ2) is 8.31. The number of nitrogens with two attached hydrogens (primary N) is 1. The van der Waals surface area contributed by atoms with Crippen molar-refractivity contribution in [2.75, 3.05) is 26.2 Å². The van der Waals surface area contributed by atoms with Crippen molar-refractivity contribution < 1.29 is 14.3 Å². The van der Waals surface area contributed by atoms with Crippen molar-refractivity contribution in [3.63, 3.8) is 0 Å². The van der Waals surface area contributed by atoms with E-state index in [1.807, 2.05) is 0 Å². The maximum absolute atomic E-state index is 11.6. The highest BCUT2D eigenvalue weighted by Crippen LogP contribution is 2.18. The number of hydrogen-bond acceptors (Lipinski definition) is 4. The van der Waals surface area contributed by atoms with E-state index in [4.69, 9.17) is 10.5 Å². The molecule has 0 radical (unpaired) electrons. The van der Waals surface area contributed by atoms with Crippen LogP contribution in [0, 0.1) is 5.92 Å². The fraction of sp³-hybridized carbons (Fsp3) is 0.818. The summed E-state index contributed by atoms with van der Waals surface area (Å²) in [5.41, 5.74) is 5.34. The molecule has 0 aliphatic carbocycles. The minimum Gasteiger partial charge on any atom is -0.466 e. The van der Waals surface area contributed by atoms with Gasteiger partial charge in [0.1, 0.15) is 0 Å². The number of rotatable bonds is 4. The van der Waals surface area contributed by atoms with Gasteiger partial charge in [-0.3, -0.25) is 9.59 Å². The number of halogens is 1. The lowest BCUT2D eigenvalue weighted by molar-refractivity contribution is -0.151. The lowest BCUT2D eigenvalue weighted by atomic mass is 9.98. The summed E-state index contributed by atoms with van der Waals surface area (Å²) >= 11 is 0. The largest absolute Gasteiger partial charge is 0.466 e. The highest BCUT2D eigenvalue weighted by atomic mass is 35.5. The van der Waals surface area contributed by atoms with Crippen LogP contribution in [0.4, 0.5) is 0 Å². The number of nitrogens with zero attached hydrogens (tertiary/aromatic N) is 1. The summed E-state index contributed by atoms with van der Waals surface area (Å²) < 4.78 is 4.97. The van der Waals surface area contributed by atoms with Crippen LogP contribution in [-0.4, -0.2) is 43.0 Å². The third-order valence-electron chi connectivity index (χ3n) is 2.75. The van der Waals surface area contributed by atoms with Gasteiger partial charge in [-0.15, -0.1) is 12.4 Å². The van der Waals surface area contributed by atoms with E-state index in [1.165, 1.54) is 0 Å². The summed E-state index contributed by atoms with van der Waals surface area (Å²) in [6, 6.07) is 0. The van der Waals surface area contributed by atoms with Crippen molar-refractivity contribution in [2.24, 2.45) is 11.7 Å². The van der Waals surface area contributed by atoms with E-state index >= 15 is 0 Å². The lowest BCUT2D eigenvalue weighted by Gasteiger charge is -2.31. The molecule has 1 unspecified atom stereocenters. The third kappa shape index (κ3) is 4.91. The van der Waals surface area contributed by atoms with E-state index < -0.39 is 0 Å². The summed E-state index contributed by atoms with van der Waals surface area (Å²) in [5.74, 6) is -0.306. The van der Waals surface area contributed by atoms with Gasteiger partial charge in [0.05, 0.1) is 12.5 Å². The molecule has 0 spiro atoms. The number of amides is 1. The molecule has 2 N–H and O–H groups in total. The Bertz CT molecular complexity index is 237. The summed E-state index contributed by atoms with van der Waals surface area (Å²) in [6.45, 7) is 3.76. The summed E-state index contributed by atoms with van der Waals surface area (Å²) in [5, 5.41) is 0. The molecule has 1 aliphatic heterocycles. The van der Waals surface area contributed by atoms with Crippen LogP contribution in [0.15, 0.2) is 0 Å². The second-order valence-electron chi connectivity index (χ2n) is 3.97. The van der Waals surface area contributed by atoms with Crippen LogP contribution in [0.25, 0.3) is 0 Å². The second-order valence-corrected chi connectivity index (χ2v) is 3.97. The van der Waals surface area contributed by atoms with Crippen molar-refractivity contribution in [3.8, 4) is 0 Å². The van der Waals surface area contributed by atoms with E-state index in [0.717, 1.165) is 19.4 Å². The standard InChI is InChI=1S/C11H20N2O3.ClH/c1-2-16-11(15)9-4-3-7-13(8-9)10(14)5-6-12;/h9H,2-8,12H2,1H3;1H. The molecule has 5 nitrogen and oxygen atoms in total. The van der Waals surface area contributed by atoms with Crippen LogP contribution in [0.5, 0.6) is 0 Å². The Labute approximate surface area is 108 Å². The topological polar surface area (TPSA) is 72.6 Å². The maximum atomic E-state index is 11.6. The Morgan fingerprint density at radius 2 is 2.18 bits per heavy atom. The van der Waals surface area contributed by atoms with Crippen LogP contribution in [-0.2, 0) is 14.3 Å². The zero-order valence-electron chi connectivity index (χ0n) is 10.2. The number of hydrogen-bond donors (Lipinski definition) is 1. The normalized spacial score (nSPS) is 19.4. The first kappa shape index (κ1) is 16.2. The van der Waals surface area contributed by atoms with Gasteiger partial charge in [-0.25, -0.2) is 0 Å². The van der Waals surface area contributed by atoms with Gasteiger partial charge in [0.25, 0.3) is 0 Å². The molecule has 100 valence electrons. The molecule has 0 saturated carbocycles. The van der Waals surface area contributed by atoms with Crippen molar-refractivity contribution in [3.05, 3.63) is 0 Å². The minimum absolute atomic E-state index is 0. The van der Waals surface area contributed by atoms with Crippen LogP contribution < -0.4 is 5.73 Å². The first-order valence-corrected chi connectivity index (χ1v) is 5.83. The van der Waals surface area contributed by atoms with Crippen LogP contribution in [0.1, 0.15) is 26.2 Å². The van der Waals surface area contributed by atoms with Crippen LogP contribution in [0.2, 0.25) is 0 Å². The van der Waals surface area contributed by atoms with Crippen LogP contribution >= 0.6 is 12.4 Å². The Morgan fingerprint density at radius 1 is 1.47 bits per heavy atom. The Morgan fingerprint density at radius 3 is 2.76 bits per heavy atom. The number of carbonyl (C=O) groups is 2. The number of piperidine rings is 1. The maximum Gasteiger partial charge on any atom is 0.310 e. The van der Waals surface area contributed by atoms with E-state index in [2.05, 4.69) is 0 Å². The number of likely N-dealkylation sites (tertiary alicyclic amines) is 1. The molecule has 6 heteroatoms. The number of esters is 1. The predicted molar refractivity (Wildman–Crippen MR) is 66.9 cm³/mol. The average Bonchev–Trinajstić information content (AvgIpc) is 2.30. The molecule has 1 atom stereocenters. The van der Waals surface area contributed by atoms with Gasteiger partial charge < -0.3 is 15.4 Å². The zero-order chi connectivity index (χ0) is 12.0. The van der Waals surface area contributed by atoms with Gasteiger partial charge in [-0.2, -0.15) is 0 Å². The Hall–Kier alpha value is -0.810. The molecular weight excluding hydrogens is 244 g/mol. The Balaban J connectivity index is 0.00000256. The number of carbonyl (C=O) groups excluding carboxylic acids is 2. The molecule has 0 bridgehead atoms. The average molecular weight is 265 g/mol. The highest BCUT2D eigenvalue weighted by Gasteiger charge is 2.28. The van der Waals surface area contributed by atoms with Gasteiger partial charge in [0, 0.05) is 26.1 Å². The zero-order valence-corrected chi connectivity index (χ0v) is 11.0. The van der Waals surface area contributed by atoms with E-state index in [9.17, 15) is 9.59 Å². The van der Waals surface area contributed by atoms with Gasteiger partial charge >= 0.3 is 5.97 Å². The SMILES string of the molecule is CCOC(=O)C1CCCN(C(=O)CCN)C1.Cl. The fourth-order valence-electron chi connectivity index (χ4n) is 1.94. The van der Waals surface area contributed by atoms with Crippen LogP contribution in [0.3, 0.4) is 0 Å². The smallest absolute Gasteiger partial charge is 0.310 e. The molecule has 17 heavy (non-hydrogen) atoms. The van der Waals surface area contributed by atoms with Crippen molar-refractivity contribution in [2.45, 2.75) is 26.2 Å². The van der Waals surface area contributed by atoms with Gasteiger partial charge in [0.2, 0.25) is 5.91 Å². The molecule has 0 aromatic rings. The molecule has 1 saturated heterocycles. The van der Waals surface area contributed by atoms with E-state index in [-0.39, 0.29) is 30.2 Å². The van der Waals surface area contributed by atoms with Gasteiger partial charge in [-0.1, -0.05) is 0 Å². The molecule has 1 amide bonds. The molecule has 1 heterocycles. The molecule has 1 aliphatic rings. The molecule has 1 rings (SSSR count). The Kier molecular flexibility index (Phi) is 7.91. The minimum atomic E-state index is -0.187. The molecule has 0 aromatic heterocycles. The molecule has 1 fully saturated rings. The van der Waals surface area contributed by atoms with E-state index in [0.29, 0.717) is 26.1 Å². The first-order valence-electron chi connectivity index (χ1n) is 5.83. The van der Waals surface area contributed by atoms with Gasteiger partial charge in [0.15, 0.2) is 0 Å². The summed E-state index contributed by atoms with van der Waals surface area (Å²) in [4.78, 5) is 24.9. The van der Waals surface area contributed by atoms with Crippen molar-refractivity contribution in [1.82, 2.24) is 4.90 Å². The van der Waals surface area contributed by atoms with Crippen molar-refractivity contribution >= 4 is 24.3 Å². The van der Waals surface area contributed by atoms with Crippen molar-refractivity contribution in [1.29, 1.82) is 0 Å².